The van der Waals surface area contributed by atoms with Crippen LogP contribution in [0.25, 0.3) is 0 Å². The average molecular weight is 372 g/mol. The number of hydrogen-bond acceptors (Lipinski definition) is 7. The molecule has 0 bridgehead atoms. The first kappa shape index (κ1) is 27.9. The number of carboxylic acids is 1. The lowest BCUT2D eigenvalue weighted by Gasteiger charge is -1.97. The Labute approximate surface area is 154 Å². The van der Waals surface area contributed by atoms with Crippen molar-refractivity contribution in [2.75, 3.05) is 20.3 Å². The van der Waals surface area contributed by atoms with Crippen molar-refractivity contribution in [1.82, 2.24) is 0 Å². The summed E-state index contributed by atoms with van der Waals surface area (Å²) in [6.45, 7) is 13.8. The molecule has 0 fully saturated rings. The van der Waals surface area contributed by atoms with Crippen LogP contribution in [0, 0.1) is 0 Å². The zero-order valence-corrected chi connectivity index (χ0v) is 15.6. The van der Waals surface area contributed by atoms with Crippen LogP contribution in [0.3, 0.4) is 0 Å². The maximum atomic E-state index is 10.3. The lowest BCUT2D eigenvalue weighted by molar-refractivity contribution is -0.143. The number of aliphatic carboxylic acids is 1. The van der Waals surface area contributed by atoms with Gasteiger partial charge in [0.2, 0.25) is 0 Å². The standard InChI is InChI=1S/C7H12O2.C6H8O4.C5H8O2/c1-3-5-6-9-7(8)4-2;1-2-6(9)10-4-3-5(7)8;1-4(2)5(6)7-3/h4H,2-3,5-6H2,1H3;2H,1,3-4H2,(H,7,8);1H2,2-3H3. The molecular formula is C18H28O8. The van der Waals surface area contributed by atoms with Crippen LogP contribution >= 0.6 is 0 Å². The quantitative estimate of drug-likeness (QED) is 0.284. The smallest absolute Gasteiger partial charge is 0.332 e. The molecule has 148 valence electrons. The Morgan fingerprint density at radius 2 is 1.46 bits per heavy atom. The molecular weight excluding hydrogens is 344 g/mol. The molecule has 0 saturated heterocycles. The SMILES string of the molecule is C=C(C)C(=O)OC.C=CC(=O)OCCC(=O)O.C=CC(=O)OCCCC. The van der Waals surface area contributed by atoms with Gasteiger partial charge in [0.1, 0.15) is 6.61 Å². The number of esters is 3. The van der Waals surface area contributed by atoms with Crippen molar-refractivity contribution in [1.29, 1.82) is 0 Å². The maximum Gasteiger partial charge on any atom is 0.332 e. The van der Waals surface area contributed by atoms with Crippen LogP contribution in [0.5, 0.6) is 0 Å². The van der Waals surface area contributed by atoms with Crippen molar-refractivity contribution in [2.45, 2.75) is 33.1 Å². The molecule has 8 nitrogen and oxygen atoms in total. The molecule has 8 heteroatoms. The van der Waals surface area contributed by atoms with E-state index in [-0.39, 0.29) is 25.0 Å². The van der Waals surface area contributed by atoms with E-state index in [0.717, 1.165) is 18.9 Å². The van der Waals surface area contributed by atoms with E-state index >= 15 is 0 Å². The van der Waals surface area contributed by atoms with Gasteiger partial charge >= 0.3 is 23.9 Å². The number of hydrogen-bond donors (Lipinski definition) is 1. The molecule has 0 saturated carbocycles. The first-order valence-corrected chi connectivity index (χ1v) is 7.70. The van der Waals surface area contributed by atoms with Crippen LogP contribution in [0.1, 0.15) is 33.1 Å². The Morgan fingerprint density at radius 3 is 1.73 bits per heavy atom. The molecule has 0 aromatic carbocycles. The van der Waals surface area contributed by atoms with Crippen molar-refractivity contribution in [3.8, 4) is 0 Å². The fourth-order valence-corrected chi connectivity index (χ4v) is 0.848. The number of carbonyl (C=O) groups is 4. The van der Waals surface area contributed by atoms with Gasteiger partial charge in [-0.2, -0.15) is 0 Å². The van der Waals surface area contributed by atoms with Crippen molar-refractivity contribution < 1.29 is 38.5 Å². The minimum Gasteiger partial charge on any atom is -0.481 e. The number of rotatable bonds is 9. The van der Waals surface area contributed by atoms with Gasteiger partial charge in [-0.05, 0) is 13.3 Å². The average Bonchev–Trinajstić information content (AvgIpc) is 2.61. The molecule has 0 heterocycles. The number of methoxy groups -OCH3 is 1. The highest BCUT2D eigenvalue weighted by molar-refractivity contribution is 5.86. The normalized spacial score (nSPS) is 8.27. The summed E-state index contributed by atoms with van der Waals surface area (Å²) in [6.07, 6.45) is 3.97. The Morgan fingerprint density at radius 1 is 1.00 bits per heavy atom. The van der Waals surface area contributed by atoms with Gasteiger partial charge in [-0.3, -0.25) is 4.79 Å². The molecule has 0 unspecified atom stereocenters. The third-order valence-corrected chi connectivity index (χ3v) is 2.17. The summed E-state index contributed by atoms with van der Waals surface area (Å²) in [5.41, 5.74) is 0.433. The summed E-state index contributed by atoms with van der Waals surface area (Å²) in [7, 11) is 1.33. The summed E-state index contributed by atoms with van der Waals surface area (Å²) in [4.78, 5) is 40.6. The van der Waals surface area contributed by atoms with Crippen molar-refractivity contribution in [2.24, 2.45) is 0 Å². The summed E-state index contributed by atoms with van der Waals surface area (Å²) >= 11 is 0. The van der Waals surface area contributed by atoms with Crippen molar-refractivity contribution >= 4 is 23.9 Å². The van der Waals surface area contributed by atoms with Crippen LogP contribution in [0.2, 0.25) is 0 Å². The van der Waals surface area contributed by atoms with E-state index in [0.29, 0.717) is 12.2 Å². The maximum absolute atomic E-state index is 10.3. The minimum absolute atomic E-state index is 0.0970. The van der Waals surface area contributed by atoms with Crippen molar-refractivity contribution in [3.63, 3.8) is 0 Å². The van der Waals surface area contributed by atoms with E-state index in [4.69, 9.17) is 5.11 Å². The van der Waals surface area contributed by atoms with Crippen LogP contribution in [-0.2, 0) is 33.4 Å². The number of unbranched alkanes of at least 4 members (excludes halogenated alkanes) is 1. The molecule has 0 amide bonds. The predicted octanol–water partition coefficient (Wildman–Crippen LogP) is 2.44. The zero-order chi connectivity index (χ0) is 21.0. The number of carboxylic acid groups (broad SMARTS) is 1. The van der Waals surface area contributed by atoms with Gasteiger partial charge in [-0.1, -0.05) is 33.1 Å². The largest absolute Gasteiger partial charge is 0.481 e. The molecule has 0 radical (unpaired) electrons. The highest BCUT2D eigenvalue weighted by Gasteiger charge is 1.98. The van der Waals surface area contributed by atoms with E-state index in [1.165, 1.54) is 13.2 Å². The highest BCUT2D eigenvalue weighted by Crippen LogP contribution is 1.88. The monoisotopic (exact) mass is 372 g/mol. The Bertz CT molecular complexity index is 480. The summed E-state index contributed by atoms with van der Waals surface area (Å²) < 4.78 is 13.3. The summed E-state index contributed by atoms with van der Waals surface area (Å²) in [5.74, 6) is -2.26. The van der Waals surface area contributed by atoms with Crippen LogP contribution in [-0.4, -0.2) is 49.3 Å². The van der Waals surface area contributed by atoms with Crippen molar-refractivity contribution in [3.05, 3.63) is 37.5 Å². The van der Waals surface area contributed by atoms with Crippen LogP contribution in [0.4, 0.5) is 0 Å². The molecule has 0 rings (SSSR count). The Kier molecular flexibility index (Phi) is 21.6. The molecule has 0 spiro atoms. The molecule has 0 aliphatic heterocycles. The lowest BCUT2D eigenvalue weighted by Crippen LogP contribution is -2.06. The Balaban J connectivity index is -0.000000310. The number of ether oxygens (including phenoxy) is 3. The van der Waals surface area contributed by atoms with Gasteiger partial charge in [0.15, 0.2) is 0 Å². The van der Waals surface area contributed by atoms with Crippen LogP contribution < -0.4 is 0 Å². The molecule has 0 aliphatic rings. The van der Waals surface area contributed by atoms with Gasteiger partial charge in [-0.15, -0.1) is 0 Å². The lowest BCUT2D eigenvalue weighted by atomic mass is 10.4. The first-order valence-electron chi connectivity index (χ1n) is 7.70. The van der Waals surface area contributed by atoms with Gasteiger partial charge in [0.25, 0.3) is 0 Å². The molecule has 0 aromatic rings. The van der Waals surface area contributed by atoms with E-state index in [9.17, 15) is 19.2 Å². The van der Waals surface area contributed by atoms with E-state index < -0.39 is 11.9 Å². The Hall–Kier alpha value is -2.90. The van der Waals surface area contributed by atoms with Gasteiger partial charge in [0.05, 0.1) is 20.1 Å². The number of carbonyl (C=O) groups excluding carboxylic acids is 3. The molecule has 0 aliphatic carbocycles. The van der Waals surface area contributed by atoms with Gasteiger partial charge < -0.3 is 19.3 Å². The summed E-state index contributed by atoms with van der Waals surface area (Å²) in [6, 6.07) is 0. The van der Waals surface area contributed by atoms with Gasteiger partial charge in [-0.25, -0.2) is 14.4 Å². The summed E-state index contributed by atoms with van der Waals surface area (Å²) in [5, 5.41) is 8.08. The minimum atomic E-state index is -0.989. The molecule has 0 atom stereocenters. The first-order chi connectivity index (χ1) is 12.2. The molecule has 26 heavy (non-hydrogen) atoms. The van der Waals surface area contributed by atoms with Crippen LogP contribution in [0.15, 0.2) is 37.5 Å². The second-order valence-electron chi connectivity index (χ2n) is 4.51. The van der Waals surface area contributed by atoms with Gasteiger partial charge in [0, 0.05) is 17.7 Å². The topological polar surface area (TPSA) is 116 Å². The van der Waals surface area contributed by atoms with E-state index in [2.05, 4.69) is 33.9 Å². The second kappa shape index (κ2) is 20.1. The second-order valence-corrected chi connectivity index (χ2v) is 4.51. The molecule has 0 aromatic heterocycles. The fraction of sp³-hybridized carbons (Fsp3) is 0.444. The highest BCUT2D eigenvalue weighted by atomic mass is 16.5. The van der Waals surface area contributed by atoms with E-state index in [1.54, 1.807) is 6.92 Å². The predicted molar refractivity (Wildman–Crippen MR) is 96.3 cm³/mol. The fourth-order valence-electron chi connectivity index (χ4n) is 0.848. The third-order valence-electron chi connectivity index (χ3n) is 2.17. The molecule has 1 N–H and O–H groups in total. The van der Waals surface area contributed by atoms with E-state index in [1.807, 2.05) is 6.92 Å². The third kappa shape index (κ3) is 26.0. The zero-order valence-electron chi connectivity index (χ0n) is 15.6.